The Hall–Kier alpha value is -2.64. The van der Waals surface area contributed by atoms with E-state index in [1.165, 1.54) is 19.3 Å². The summed E-state index contributed by atoms with van der Waals surface area (Å²) in [6.45, 7) is 0. The molecule has 0 aromatic carbocycles. The maximum absolute atomic E-state index is 11.6. The van der Waals surface area contributed by atoms with Crippen molar-refractivity contribution in [1.29, 1.82) is 0 Å². The lowest BCUT2D eigenvalue weighted by molar-refractivity contribution is -0.143. The molecule has 1 amide bonds. The van der Waals surface area contributed by atoms with E-state index in [4.69, 9.17) is 5.11 Å². The van der Waals surface area contributed by atoms with Gasteiger partial charge in [0.05, 0.1) is 13.3 Å². The number of carboxylic acid groups (broad SMARTS) is 1. The normalized spacial score (nSPS) is 12.1. The van der Waals surface area contributed by atoms with Gasteiger partial charge in [0.25, 0.3) is 0 Å². The number of esters is 1. The van der Waals surface area contributed by atoms with Crippen molar-refractivity contribution in [1.82, 2.24) is 15.1 Å². The van der Waals surface area contributed by atoms with Gasteiger partial charge in [0.1, 0.15) is 6.04 Å². The Labute approximate surface area is 121 Å². The van der Waals surface area contributed by atoms with Crippen molar-refractivity contribution < 1.29 is 24.2 Å². The van der Waals surface area contributed by atoms with Crippen LogP contribution in [-0.4, -0.2) is 45.9 Å². The van der Waals surface area contributed by atoms with Gasteiger partial charge in [-0.2, -0.15) is 5.10 Å². The summed E-state index contributed by atoms with van der Waals surface area (Å²) in [4.78, 5) is 33.6. The van der Waals surface area contributed by atoms with Crippen LogP contribution in [0.4, 0.5) is 0 Å². The Morgan fingerprint density at radius 2 is 2.24 bits per heavy atom. The molecule has 0 spiro atoms. The maximum atomic E-state index is 11.6. The second-order valence-corrected chi connectivity index (χ2v) is 4.29. The van der Waals surface area contributed by atoms with Crippen molar-refractivity contribution in [3.8, 4) is 0 Å². The first kappa shape index (κ1) is 16.4. The van der Waals surface area contributed by atoms with Crippen LogP contribution in [0, 0.1) is 0 Å². The lowest BCUT2D eigenvalue weighted by Gasteiger charge is -2.12. The molecule has 0 unspecified atom stereocenters. The molecule has 0 aliphatic carbocycles. The van der Waals surface area contributed by atoms with Gasteiger partial charge in [0, 0.05) is 31.3 Å². The minimum Gasteiger partial charge on any atom is -0.480 e. The Balaban J connectivity index is 2.54. The zero-order valence-corrected chi connectivity index (χ0v) is 11.8. The Morgan fingerprint density at radius 1 is 1.52 bits per heavy atom. The van der Waals surface area contributed by atoms with Crippen molar-refractivity contribution >= 4 is 23.9 Å². The van der Waals surface area contributed by atoms with E-state index in [9.17, 15) is 14.4 Å². The number of hydrogen-bond donors (Lipinski definition) is 2. The molecule has 8 nitrogen and oxygen atoms in total. The molecule has 8 heteroatoms. The largest absolute Gasteiger partial charge is 0.480 e. The number of amides is 1. The number of carboxylic acids is 1. The number of carbonyl (C=O) groups is 3. The number of ether oxygens (including phenoxy) is 1. The van der Waals surface area contributed by atoms with Crippen molar-refractivity contribution in [3.05, 3.63) is 24.0 Å². The number of aromatic nitrogens is 2. The Morgan fingerprint density at radius 3 is 2.76 bits per heavy atom. The lowest BCUT2D eigenvalue weighted by Crippen LogP contribution is -2.40. The van der Waals surface area contributed by atoms with Crippen molar-refractivity contribution in [3.63, 3.8) is 0 Å². The van der Waals surface area contributed by atoms with Crippen LogP contribution in [0.25, 0.3) is 6.08 Å². The predicted octanol–water partition coefficient (Wildman–Crippen LogP) is -0.0441. The molecule has 1 aromatic heterocycles. The SMILES string of the molecule is COC(=O)CC[C@@H](NC(=O)/C=C/c1cnn(C)c1)C(=O)O. The van der Waals surface area contributed by atoms with E-state index < -0.39 is 23.9 Å². The minimum atomic E-state index is -1.21. The average molecular weight is 295 g/mol. The fourth-order valence-electron chi connectivity index (χ4n) is 1.54. The number of methoxy groups -OCH3 is 1. The van der Waals surface area contributed by atoms with Gasteiger partial charge in [-0.3, -0.25) is 14.3 Å². The van der Waals surface area contributed by atoms with Crippen LogP contribution < -0.4 is 5.32 Å². The van der Waals surface area contributed by atoms with Crippen LogP contribution in [0.5, 0.6) is 0 Å². The molecule has 1 heterocycles. The third-order valence-electron chi connectivity index (χ3n) is 2.63. The number of rotatable bonds is 7. The van der Waals surface area contributed by atoms with E-state index in [0.717, 1.165) is 0 Å². The first-order valence-corrected chi connectivity index (χ1v) is 6.19. The van der Waals surface area contributed by atoms with Gasteiger partial charge >= 0.3 is 11.9 Å². The first-order chi connectivity index (χ1) is 9.92. The Kier molecular flexibility index (Phi) is 6.12. The third kappa shape index (κ3) is 5.89. The zero-order chi connectivity index (χ0) is 15.8. The lowest BCUT2D eigenvalue weighted by atomic mass is 10.1. The molecule has 0 saturated carbocycles. The van der Waals surface area contributed by atoms with E-state index in [2.05, 4.69) is 15.2 Å². The van der Waals surface area contributed by atoms with Crippen molar-refractivity contribution in [2.24, 2.45) is 7.05 Å². The van der Waals surface area contributed by atoms with Crippen LogP contribution in [0.3, 0.4) is 0 Å². The number of aryl methyl sites for hydroxylation is 1. The molecule has 1 aromatic rings. The molecule has 2 N–H and O–H groups in total. The molecule has 0 bridgehead atoms. The van der Waals surface area contributed by atoms with Gasteiger partial charge < -0.3 is 15.2 Å². The summed E-state index contributed by atoms with van der Waals surface area (Å²) in [7, 11) is 2.96. The molecule has 0 radical (unpaired) electrons. The van der Waals surface area contributed by atoms with Gasteiger partial charge in [-0.15, -0.1) is 0 Å². The molecule has 21 heavy (non-hydrogen) atoms. The summed E-state index contributed by atoms with van der Waals surface area (Å²) in [5.41, 5.74) is 0.717. The van der Waals surface area contributed by atoms with Gasteiger partial charge in [0.15, 0.2) is 0 Å². The van der Waals surface area contributed by atoms with Crippen LogP contribution >= 0.6 is 0 Å². The minimum absolute atomic E-state index is 0.0333. The topological polar surface area (TPSA) is 111 Å². The standard InChI is InChI=1S/C13H17N3O5/c1-16-8-9(7-14-16)3-5-11(17)15-10(13(19)20)4-6-12(18)21-2/h3,5,7-8,10H,4,6H2,1-2H3,(H,15,17)(H,19,20)/b5-3+/t10-/m1/s1. The van der Waals surface area contributed by atoms with E-state index in [1.54, 1.807) is 24.1 Å². The van der Waals surface area contributed by atoms with Crippen LogP contribution in [0.2, 0.25) is 0 Å². The number of nitrogens with one attached hydrogen (secondary N) is 1. The molecule has 0 aliphatic heterocycles. The highest BCUT2D eigenvalue weighted by Gasteiger charge is 2.20. The smallest absolute Gasteiger partial charge is 0.326 e. The van der Waals surface area contributed by atoms with E-state index in [-0.39, 0.29) is 12.8 Å². The summed E-state index contributed by atoms with van der Waals surface area (Å²) < 4.78 is 6.00. The zero-order valence-electron chi connectivity index (χ0n) is 11.8. The summed E-state index contributed by atoms with van der Waals surface area (Å²) in [6, 6.07) is -1.14. The summed E-state index contributed by atoms with van der Waals surface area (Å²) >= 11 is 0. The molecule has 114 valence electrons. The summed E-state index contributed by atoms with van der Waals surface area (Å²) in [5, 5.41) is 15.2. The second-order valence-electron chi connectivity index (χ2n) is 4.29. The molecule has 0 saturated heterocycles. The summed E-state index contributed by atoms with van der Waals surface area (Å²) in [5.74, 6) is -2.29. The molecular formula is C13H17N3O5. The van der Waals surface area contributed by atoms with Gasteiger partial charge in [-0.25, -0.2) is 4.79 Å². The van der Waals surface area contributed by atoms with E-state index in [1.807, 2.05) is 0 Å². The number of aliphatic carboxylic acids is 1. The monoisotopic (exact) mass is 295 g/mol. The fourth-order valence-corrected chi connectivity index (χ4v) is 1.54. The van der Waals surface area contributed by atoms with Crippen LogP contribution in [0.1, 0.15) is 18.4 Å². The highest BCUT2D eigenvalue weighted by molar-refractivity contribution is 5.94. The molecule has 0 fully saturated rings. The highest BCUT2D eigenvalue weighted by atomic mass is 16.5. The number of nitrogens with zero attached hydrogens (tertiary/aromatic N) is 2. The Bertz CT molecular complexity index is 550. The van der Waals surface area contributed by atoms with E-state index in [0.29, 0.717) is 5.56 Å². The molecule has 0 aliphatic rings. The van der Waals surface area contributed by atoms with Gasteiger partial charge in [-0.05, 0) is 12.5 Å². The number of carbonyl (C=O) groups excluding carboxylic acids is 2. The van der Waals surface area contributed by atoms with Gasteiger partial charge in [0.2, 0.25) is 5.91 Å². The molecular weight excluding hydrogens is 278 g/mol. The predicted molar refractivity (Wildman–Crippen MR) is 73.1 cm³/mol. The quantitative estimate of drug-likeness (QED) is 0.539. The second kappa shape index (κ2) is 7.83. The van der Waals surface area contributed by atoms with E-state index >= 15 is 0 Å². The fraction of sp³-hybridized carbons (Fsp3) is 0.385. The first-order valence-electron chi connectivity index (χ1n) is 6.19. The maximum Gasteiger partial charge on any atom is 0.326 e. The van der Waals surface area contributed by atoms with Crippen molar-refractivity contribution in [2.75, 3.05) is 7.11 Å². The molecule has 1 rings (SSSR count). The van der Waals surface area contributed by atoms with Crippen molar-refractivity contribution in [2.45, 2.75) is 18.9 Å². The third-order valence-corrected chi connectivity index (χ3v) is 2.63. The van der Waals surface area contributed by atoms with Gasteiger partial charge in [-0.1, -0.05) is 0 Å². The number of hydrogen-bond acceptors (Lipinski definition) is 5. The average Bonchev–Trinajstić information content (AvgIpc) is 2.86. The highest BCUT2D eigenvalue weighted by Crippen LogP contribution is 2.02. The van der Waals surface area contributed by atoms with Crippen LogP contribution in [-0.2, 0) is 26.2 Å². The molecule has 1 atom stereocenters. The summed E-state index contributed by atoms with van der Waals surface area (Å²) in [6.07, 6.45) is 5.88. The van der Waals surface area contributed by atoms with Crippen LogP contribution in [0.15, 0.2) is 18.5 Å².